The number of nitrogens with zero attached hydrogens (tertiary/aromatic N) is 1. The molecule has 2 aromatic rings. The van der Waals surface area contributed by atoms with Crippen molar-refractivity contribution in [3.8, 4) is 0 Å². The molecule has 4 nitrogen and oxygen atoms in total. The summed E-state index contributed by atoms with van der Waals surface area (Å²) in [4.78, 5) is 11.9. The Kier molecular flexibility index (Phi) is 4.27. The largest absolute Gasteiger partial charge is 0.465 e. The maximum atomic E-state index is 11.9. The highest BCUT2D eigenvalue weighted by Crippen LogP contribution is 2.41. The van der Waals surface area contributed by atoms with Crippen LogP contribution in [0, 0.1) is 6.92 Å². The van der Waals surface area contributed by atoms with Crippen molar-refractivity contribution in [2.24, 2.45) is 0 Å². The molecule has 1 aromatic carbocycles. The van der Waals surface area contributed by atoms with Crippen molar-refractivity contribution in [2.75, 3.05) is 7.11 Å². The maximum Gasteiger partial charge on any atom is 0.343 e. The van der Waals surface area contributed by atoms with Crippen LogP contribution in [-0.4, -0.2) is 18.2 Å². The number of hydrogen-bond donors (Lipinski definition) is 0. The molecule has 0 unspecified atom stereocenters. The molecular formula is C18H21NO3. The summed E-state index contributed by atoms with van der Waals surface area (Å²) in [6, 6.07) is 10.6. The van der Waals surface area contributed by atoms with Gasteiger partial charge in [0.05, 0.1) is 7.11 Å². The molecule has 0 saturated heterocycles. The molecule has 1 fully saturated rings. The van der Waals surface area contributed by atoms with Crippen molar-refractivity contribution in [1.29, 1.82) is 0 Å². The number of rotatable bonds is 3. The molecule has 1 heterocycles. The van der Waals surface area contributed by atoms with E-state index in [2.05, 4.69) is 35.5 Å². The van der Waals surface area contributed by atoms with Gasteiger partial charge in [0.1, 0.15) is 17.0 Å². The minimum absolute atomic E-state index is 0.284. The molecule has 0 N–H and O–H groups in total. The van der Waals surface area contributed by atoms with Crippen LogP contribution in [0.5, 0.6) is 0 Å². The number of esters is 1. The molecule has 1 aromatic heterocycles. The third kappa shape index (κ3) is 2.78. The minimum Gasteiger partial charge on any atom is -0.465 e. The fourth-order valence-electron chi connectivity index (χ4n) is 3.44. The lowest BCUT2D eigenvalue weighted by molar-refractivity contribution is 0.0597. The Morgan fingerprint density at radius 3 is 2.41 bits per heavy atom. The van der Waals surface area contributed by atoms with Gasteiger partial charge in [-0.1, -0.05) is 35.5 Å². The van der Waals surface area contributed by atoms with Crippen LogP contribution in [0.3, 0.4) is 0 Å². The van der Waals surface area contributed by atoms with Crippen LogP contribution in [0.15, 0.2) is 34.9 Å². The van der Waals surface area contributed by atoms with E-state index >= 15 is 0 Å². The maximum absolute atomic E-state index is 11.9. The summed E-state index contributed by atoms with van der Waals surface area (Å²) < 4.78 is 10.1. The monoisotopic (exact) mass is 299 g/mol. The molecule has 1 saturated carbocycles. The average Bonchev–Trinajstić information content (AvgIpc) is 2.97. The summed E-state index contributed by atoms with van der Waals surface area (Å²) in [6.07, 6.45) is 4.27. The molecule has 0 radical (unpaired) electrons. The second kappa shape index (κ2) is 6.34. The highest BCUT2D eigenvalue weighted by Gasteiger charge is 2.31. The lowest BCUT2D eigenvalue weighted by Gasteiger charge is -2.28. The molecule has 1 aliphatic rings. The molecule has 4 heteroatoms. The SMILES string of the molecule is COC(=O)c1c(C2CCC(c3ccccc3)CC2)noc1C. The molecule has 0 amide bonds. The number of hydrogen-bond acceptors (Lipinski definition) is 4. The van der Waals surface area contributed by atoms with Gasteiger partial charge in [0.15, 0.2) is 0 Å². The molecule has 3 rings (SSSR count). The number of benzene rings is 1. The van der Waals surface area contributed by atoms with E-state index < -0.39 is 0 Å². The Hall–Kier alpha value is -2.10. The van der Waals surface area contributed by atoms with Crippen molar-refractivity contribution >= 4 is 5.97 Å². The van der Waals surface area contributed by atoms with Gasteiger partial charge in [0.25, 0.3) is 0 Å². The second-order valence-electron chi connectivity index (χ2n) is 5.95. The van der Waals surface area contributed by atoms with Gasteiger partial charge in [-0.05, 0) is 44.1 Å². The number of ether oxygens (including phenoxy) is 1. The zero-order valence-electron chi connectivity index (χ0n) is 13.0. The Labute approximate surface area is 130 Å². The summed E-state index contributed by atoms with van der Waals surface area (Å²) in [6.45, 7) is 1.76. The lowest BCUT2D eigenvalue weighted by atomic mass is 9.77. The summed E-state index contributed by atoms with van der Waals surface area (Å²) in [5, 5.41) is 4.13. The van der Waals surface area contributed by atoms with E-state index in [0.29, 0.717) is 17.2 Å². The third-order valence-corrected chi connectivity index (χ3v) is 4.66. The highest BCUT2D eigenvalue weighted by molar-refractivity contribution is 5.91. The van der Waals surface area contributed by atoms with Crippen LogP contribution in [0.4, 0.5) is 0 Å². The molecule has 0 aliphatic heterocycles. The summed E-state index contributed by atoms with van der Waals surface area (Å²) in [5.41, 5.74) is 2.70. The zero-order chi connectivity index (χ0) is 15.5. The van der Waals surface area contributed by atoms with Crippen molar-refractivity contribution in [2.45, 2.75) is 44.4 Å². The topological polar surface area (TPSA) is 52.3 Å². The molecule has 0 atom stereocenters. The number of aromatic nitrogens is 1. The van der Waals surface area contributed by atoms with Crippen molar-refractivity contribution < 1.29 is 14.1 Å². The van der Waals surface area contributed by atoms with Gasteiger partial charge in [0, 0.05) is 5.92 Å². The first-order chi connectivity index (χ1) is 10.7. The Bertz CT molecular complexity index is 640. The molecule has 1 aliphatic carbocycles. The zero-order valence-corrected chi connectivity index (χ0v) is 13.0. The van der Waals surface area contributed by atoms with Gasteiger partial charge in [0.2, 0.25) is 0 Å². The van der Waals surface area contributed by atoms with E-state index in [9.17, 15) is 4.79 Å². The minimum atomic E-state index is -0.348. The number of carbonyl (C=O) groups excluding carboxylic acids is 1. The predicted molar refractivity (Wildman–Crippen MR) is 83.0 cm³/mol. The van der Waals surface area contributed by atoms with Crippen molar-refractivity contribution in [3.05, 3.63) is 52.9 Å². The van der Waals surface area contributed by atoms with Crippen LogP contribution in [0.1, 0.15) is 64.9 Å². The van der Waals surface area contributed by atoms with E-state index in [0.717, 1.165) is 31.4 Å². The average molecular weight is 299 g/mol. The molecule has 22 heavy (non-hydrogen) atoms. The summed E-state index contributed by atoms with van der Waals surface area (Å²) >= 11 is 0. The molecule has 116 valence electrons. The van der Waals surface area contributed by atoms with Crippen LogP contribution in [0.25, 0.3) is 0 Å². The van der Waals surface area contributed by atoms with Gasteiger partial charge in [-0.2, -0.15) is 0 Å². The smallest absolute Gasteiger partial charge is 0.343 e. The van der Waals surface area contributed by atoms with E-state index in [-0.39, 0.29) is 11.9 Å². The normalized spacial score (nSPS) is 21.5. The van der Waals surface area contributed by atoms with Gasteiger partial charge in [-0.15, -0.1) is 0 Å². The van der Waals surface area contributed by atoms with E-state index in [1.807, 2.05) is 0 Å². The summed E-state index contributed by atoms with van der Waals surface area (Å²) in [5.74, 6) is 1.09. The van der Waals surface area contributed by atoms with Crippen LogP contribution >= 0.6 is 0 Å². The molecular weight excluding hydrogens is 278 g/mol. The van der Waals surface area contributed by atoms with Crippen LogP contribution in [0.2, 0.25) is 0 Å². The number of carbonyl (C=O) groups is 1. The van der Waals surface area contributed by atoms with Gasteiger partial charge in [-0.3, -0.25) is 0 Å². The first-order valence-corrected chi connectivity index (χ1v) is 7.80. The van der Waals surface area contributed by atoms with Gasteiger partial charge < -0.3 is 9.26 Å². The Balaban J connectivity index is 1.73. The predicted octanol–water partition coefficient (Wildman–Crippen LogP) is 4.21. The molecule has 0 spiro atoms. The molecule has 0 bridgehead atoms. The van der Waals surface area contributed by atoms with Crippen molar-refractivity contribution in [3.63, 3.8) is 0 Å². The standard InChI is InChI=1S/C18H21NO3/c1-12-16(18(20)21-2)17(19-22-12)15-10-8-14(9-11-15)13-6-4-3-5-7-13/h3-7,14-15H,8-11H2,1-2H3. The van der Waals surface area contributed by atoms with E-state index in [4.69, 9.17) is 9.26 Å². The van der Waals surface area contributed by atoms with Crippen LogP contribution in [-0.2, 0) is 4.74 Å². The highest BCUT2D eigenvalue weighted by atomic mass is 16.5. The first kappa shape index (κ1) is 14.8. The fraction of sp³-hybridized carbons (Fsp3) is 0.444. The Morgan fingerprint density at radius 2 is 1.77 bits per heavy atom. The van der Waals surface area contributed by atoms with Gasteiger partial charge in [-0.25, -0.2) is 4.79 Å². The van der Waals surface area contributed by atoms with E-state index in [1.165, 1.54) is 12.7 Å². The number of methoxy groups -OCH3 is 1. The second-order valence-corrected chi connectivity index (χ2v) is 5.95. The Morgan fingerprint density at radius 1 is 1.14 bits per heavy atom. The quantitative estimate of drug-likeness (QED) is 0.797. The summed E-state index contributed by atoms with van der Waals surface area (Å²) in [7, 11) is 1.39. The third-order valence-electron chi connectivity index (χ3n) is 4.66. The first-order valence-electron chi connectivity index (χ1n) is 7.80. The number of aryl methyl sites for hydroxylation is 1. The van der Waals surface area contributed by atoms with Gasteiger partial charge >= 0.3 is 5.97 Å². The van der Waals surface area contributed by atoms with Crippen molar-refractivity contribution in [1.82, 2.24) is 5.16 Å². The lowest BCUT2D eigenvalue weighted by Crippen LogP contribution is -2.15. The fourth-order valence-corrected chi connectivity index (χ4v) is 3.44. The van der Waals surface area contributed by atoms with E-state index in [1.54, 1.807) is 6.92 Å². The van der Waals surface area contributed by atoms with Crippen LogP contribution < -0.4 is 0 Å².